The Labute approximate surface area is 207 Å². The highest BCUT2D eigenvalue weighted by atomic mass is 32.2. The molecule has 0 radical (unpaired) electrons. The van der Waals surface area contributed by atoms with E-state index in [1.807, 2.05) is 26.0 Å². The lowest BCUT2D eigenvalue weighted by molar-refractivity contribution is -0.123. The number of nitrogens with one attached hydrogen (secondary N) is 2. The summed E-state index contributed by atoms with van der Waals surface area (Å²) in [7, 11) is -1.79. The van der Waals surface area contributed by atoms with Gasteiger partial charge in [0, 0.05) is 28.2 Å². The number of carbonyl (C=O) groups excluding carboxylic acids is 3. The van der Waals surface area contributed by atoms with Crippen LogP contribution in [0.4, 0.5) is 15.8 Å². The first-order valence-electron chi connectivity index (χ1n) is 11.8. The van der Waals surface area contributed by atoms with Crippen molar-refractivity contribution in [3.05, 3.63) is 59.4 Å². The maximum absolute atomic E-state index is 13.2. The molecule has 7 nitrogen and oxygen atoms in total. The number of amides is 3. The van der Waals surface area contributed by atoms with Crippen LogP contribution in [-0.2, 0) is 25.2 Å². The molecular weight excluding hydrogens is 469 g/mol. The summed E-state index contributed by atoms with van der Waals surface area (Å²) in [5.74, 6) is -2.53. The van der Waals surface area contributed by atoms with Gasteiger partial charge >= 0.3 is 0 Å². The zero-order valence-electron chi connectivity index (χ0n) is 20.1. The SMILES string of the molecule is Cc1ccc(N(CC(=O)NC2CCCCC2)C(=O)C[S@](=O)CC(=O)Nc2ccc(F)cc2)c(C)c1. The van der Waals surface area contributed by atoms with Crippen molar-refractivity contribution in [3.63, 3.8) is 0 Å². The van der Waals surface area contributed by atoms with E-state index in [1.165, 1.54) is 35.6 Å². The van der Waals surface area contributed by atoms with E-state index in [9.17, 15) is 23.0 Å². The summed E-state index contributed by atoms with van der Waals surface area (Å²) in [5, 5.41) is 5.56. The molecule has 3 rings (SSSR count). The molecule has 1 fully saturated rings. The molecule has 2 N–H and O–H groups in total. The third-order valence-electron chi connectivity index (χ3n) is 5.92. The lowest BCUT2D eigenvalue weighted by Gasteiger charge is -2.27. The van der Waals surface area contributed by atoms with Gasteiger partial charge in [0.05, 0.1) is 0 Å². The van der Waals surface area contributed by atoms with Crippen LogP contribution in [0.1, 0.15) is 43.2 Å². The van der Waals surface area contributed by atoms with Crippen LogP contribution >= 0.6 is 0 Å². The maximum Gasteiger partial charge on any atom is 0.240 e. The minimum Gasteiger partial charge on any atom is -0.352 e. The molecule has 3 amide bonds. The average molecular weight is 502 g/mol. The second kappa shape index (κ2) is 12.6. The fraction of sp³-hybridized carbons (Fsp3) is 0.423. The Hall–Kier alpha value is -3.07. The van der Waals surface area contributed by atoms with Gasteiger partial charge in [-0.1, -0.05) is 37.0 Å². The number of carbonyl (C=O) groups is 3. The second-order valence-electron chi connectivity index (χ2n) is 8.96. The van der Waals surface area contributed by atoms with Crippen LogP contribution in [0, 0.1) is 19.7 Å². The molecule has 2 aromatic rings. The third kappa shape index (κ3) is 8.28. The minimum atomic E-state index is -1.79. The van der Waals surface area contributed by atoms with Crippen LogP contribution in [0.25, 0.3) is 0 Å². The standard InChI is InChI=1S/C26H32FN3O4S/c1-18-8-13-23(19(2)14-18)30(15-24(31)28-21-6-4-3-5-7-21)26(33)17-35(34)16-25(32)29-22-11-9-20(27)10-12-22/h8-14,21H,3-7,15-17H2,1-2H3,(H,28,31)(H,29,32)/t35-/m1/s1. The van der Waals surface area contributed by atoms with Crippen LogP contribution in [0.2, 0.25) is 0 Å². The van der Waals surface area contributed by atoms with Crippen molar-refractivity contribution in [2.24, 2.45) is 0 Å². The number of halogens is 1. The van der Waals surface area contributed by atoms with Gasteiger partial charge in [-0.3, -0.25) is 18.6 Å². The van der Waals surface area contributed by atoms with E-state index in [2.05, 4.69) is 10.6 Å². The van der Waals surface area contributed by atoms with Crippen molar-refractivity contribution in [2.75, 3.05) is 28.3 Å². The second-order valence-corrected chi connectivity index (χ2v) is 10.4. The van der Waals surface area contributed by atoms with E-state index in [1.54, 1.807) is 6.07 Å². The highest BCUT2D eigenvalue weighted by Gasteiger charge is 2.25. The molecule has 0 spiro atoms. The Balaban J connectivity index is 1.65. The van der Waals surface area contributed by atoms with Crippen molar-refractivity contribution >= 4 is 39.9 Å². The molecule has 0 saturated heterocycles. The summed E-state index contributed by atoms with van der Waals surface area (Å²) in [5.41, 5.74) is 2.79. The van der Waals surface area contributed by atoms with E-state index in [4.69, 9.17) is 0 Å². The van der Waals surface area contributed by atoms with Gasteiger partial charge < -0.3 is 15.5 Å². The first kappa shape index (κ1) is 26.5. The van der Waals surface area contributed by atoms with E-state index < -0.39 is 39.9 Å². The van der Waals surface area contributed by atoms with E-state index >= 15 is 0 Å². The fourth-order valence-corrected chi connectivity index (χ4v) is 5.12. The van der Waals surface area contributed by atoms with Crippen molar-refractivity contribution in [1.29, 1.82) is 0 Å². The zero-order chi connectivity index (χ0) is 25.4. The number of hydrogen-bond acceptors (Lipinski definition) is 4. The molecule has 1 aliphatic rings. The van der Waals surface area contributed by atoms with Gasteiger partial charge in [0.25, 0.3) is 0 Å². The monoisotopic (exact) mass is 501 g/mol. The van der Waals surface area contributed by atoms with Crippen LogP contribution in [0.3, 0.4) is 0 Å². The molecule has 35 heavy (non-hydrogen) atoms. The van der Waals surface area contributed by atoms with E-state index in [0.29, 0.717) is 11.4 Å². The molecular formula is C26H32FN3O4S. The number of anilines is 2. The molecule has 1 saturated carbocycles. The van der Waals surface area contributed by atoms with Gasteiger partial charge in [-0.15, -0.1) is 0 Å². The maximum atomic E-state index is 13.2. The van der Waals surface area contributed by atoms with Gasteiger partial charge in [0.15, 0.2) is 0 Å². The van der Waals surface area contributed by atoms with Gasteiger partial charge in [-0.25, -0.2) is 4.39 Å². The Kier molecular flexibility index (Phi) is 9.54. The predicted octanol–water partition coefficient (Wildman–Crippen LogP) is 3.61. The minimum absolute atomic E-state index is 0.108. The van der Waals surface area contributed by atoms with Crippen molar-refractivity contribution < 1.29 is 23.0 Å². The van der Waals surface area contributed by atoms with Crippen LogP contribution in [0.15, 0.2) is 42.5 Å². The van der Waals surface area contributed by atoms with Crippen LogP contribution in [-0.4, -0.2) is 46.0 Å². The third-order valence-corrected chi connectivity index (χ3v) is 7.07. The predicted molar refractivity (Wildman–Crippen MR) is 136 cm³/mol. The summed E-state index contributed by atoms with van der Waals surface area (Å²) in [6.07, 6.45) is 5.17. The lowest BCUT2D eigenvalue weighted by atomic mass is 9.95. The van der Waals surface area contributed by atoms with Crippen LogP contribution in [0.5, 0.6) is 0 Å². The molecule has 9 heteroatoms. The zero-order valence-corrected chi connectivity index (χ0v) is 21.0. The molecule has 2 aromatic carbocycles. The molecule has 1 aliphatic carbocycles. The summed E-state index contributed by atoms with van der Waals surface area (Å²) >= 11 is 0. The first-order chi connectivity index (χ1) is 16.7. The molecule has 0 aliphatic heterocycles. The van der Waals surface area contributed by atoms with E-state index in [-0.39, 0.29) is 18.5 Å². The summed E-state index contributed by atoms with van der Waals surface area (Å²) in [6, 6.07) is 10.9. The normalized spacial score (nSPS) is 14.7. The highest BCUT2D eigenvalue weighted by Crippen LogP contribution is 2.22. The quantitative estimate of drug-likeness (QED) is 0.549. The van der Waals surface area contributed by atoms with Crippen LogP contribution < -0.4 is 15.5 Å². The Morgan fingerprint density at radius 3 is 2.31 bits per heavy atom. The molecule has 1 atom stereocenters. The molecule has 0 heterocycles. The highest BCUT2D eigenvalue weighted by molar-refractivity contribution is 7.86. The van der Waals surface area contributed by atoms with Gasteiger partial charge in [0.1, 0.15) is 23.9 Å². The van der Waals surface area contributed by atoms with Crippen molar-refractivity contribution in [3.8, 4) is 0 Å². The fourth-order valence-electron chi connectivity index (χ4n) is 4.22. The van der Waals surface area contributed by atoms with E-state index in [0.717, 1.165) is 36.8 Å². The summed E-state index contributed by atoms with van der Waals surface area (Å²) in [4.78, 5) is 39.6. The Morgan fingerprint density at radius 1 is 0.971 bits per heavy atom. The molecule has 188 valence electrons. The number of rotatable bonds is 9. The molecule has 0 unspecified atom stereocenters. The lowest BCUT2D eigenvalue weighted by Crippen LogP contribution is -2.46. The molecule has 0 bridgehead atoms. The largest absolute Gasteiger partial charge is 0.352 e. The molecule has 0 aromatic heterocycles. The van der Waals surface area contributed by atoms with Crippen molar-refractivity contribution in [2.45, 2.75) is 52.0 Å². The number of hydrogen-bond donors (Lipinski definition) is 2. The first-order valence-corrected chi connectivity index (χ1v) is 13.3. The topological polar surface area (TPSA) is 95.6 Å². The van der Waals surface area contributed by atoms with Gasteiger partial charge in [-0.2, -0.15) is 0 Å². The smallest absolute Gasteiger partial charge is 0.240 e. The Bertz CT molecular complexity index is 1080. The summed E-state index contributed by atoms with van der Waals surface area (Å²) < 4.78 is 25.7. The van der Waals surface area contributed by atoms with Gasteiger partial charge in [0.2, 0.25) is 17.7 Å². The number of aryl methyl sites for hydroxylation is 2. The summed E-state index contributed by atoms with van der Waals surface area (Å²) in [6.45, 7) is 3.61. The van der Waals surface area contributed by atoms with Crippen molar-refractivity contribution in [1.82, 2.24) is 5.32 Å². The Morgan fingerprint density at radius 2 is 1.66 bits per heavy atom. The number of nitrogens with zero attached hydrogens (tertiary/aromatic N) is 1. The average Bonchev–Trinajstić information content (AvgIpc) is 2.80. The number of benzene rings is 2. The van der Waals surface area contributed by atoms with Gasteiger partial charge in [-0.05, 0) is 62.6 Å².